The molecule has 2 heterocycles. The lowest BCUT2D eigenvalue weighted by Crippen LogP contribution is -2.01. The highest BCUT2D eigenvalue weighted by atomic mass is 16.7. The highest BCUT2D eigenvalue weighted by Gasteiger charge is 2.22. The van der Waals surface area contributed by atoms with Crippen molar-refractivity contribution in [3.8, 4) is 17.2 Å². The molecule has 1 aromatic heterocycles. The van der Waals surface area contributed by atoms with Gasteiger partial charge in [0.25, 0.3) is 0 Å². The molecule has 132 valence electrons. The maximum absolute atomic E-state index is 12.9. The van der Waals surface area contributed by atoms with E-state index in [0.29, 0.717) is 28.4 Å². The van der Waals surface area contributed by atoms with E-state index in [-0.39, 0.29) is 12.6 Å². The minimum atomic E-state index is -0.0743. The Hall–Kier alpha value is -3.21. The zero-order valence-electron chi connectivity index (χ0n) is 14.9. The summed E-state index contributed by atoms with van der Waals surface area (Å²) in [5.74, 6) is 1.50. The van der Waals surface area contributed by atoms with Crippen LogP contribution in [-0.4, -0.2) is 24.3 Å². The first kappa shape index (κ1) is 16.3. The van der Waals surface area contributed by atoms with Crippen LogP contribution in [0.25, 0.3) is 17.0 Å². The lowest BCUT2D eigenvalue weighted by atomic mass is 10.0. The molecular formula is C21H19NO4. The van der Waals surface area contributed by atoms with Crippen LogP contribution in [0.5, 0.6) is 17.2 Å². The molecule has 0 radical (unpaired) electrons. The number of methoxy groups -OCH3 is 1. The molecule has 0 saturated heterocycles. The van der Waals surface area contributed by atoms with Crippen molar-refractivity contribution in [3.63, 3.8) is 0 Å². The minimum absolute atomic E-state index is 0.0743. The number of hydrogen-bond acceptors (Lipinski definition) is 4. The first-order valence-corrected chi connectivity index (χ1v) is 8.32. The van der Waals surface area contributed by atoms with Crippen LogP contribution in [0.15, 0.2) is 48.2 Å². The van der Waals surface area contributed by atoms with Gasteiger partial charge in [0.2, 0.25) is 12.5 Å². The lowest BCUT2D eigenvalue weighted by Gasteiger charge is -2.08. The number of ketones is 1. The number of rotatable bonds is 4. The Kier molecular flexibility index (Phi) is 3.92. The Bertz CT molecular complexity index is 1050. The van der Waals surface area contributed by atoms with Gasteiger partial charge < -0.3 is 18.8 Å². The van der Waals surface area contributed by atoms with Gasteiger partial charge in [0.15, 0.2) is 17.3 Å². The molecule has 5 heteroatoms. The summed E-state index contributed by atoms with van der Waals surface area (Å²) in [6, 6.07) is 11.6. The Morgan fingerprint density at radius 1 is 1.19 bits per heavy atom. The Morgan fingerprint density at radius 3 is 2.85 bits per heavy atom. The number of allylic oxidation sites excluding steroid dienone is 1. The molecule has 5 nitrogen and oxygen atoms in total. The fourth-order valence-corrected chi connectivity index (χ4v) is 3.19. The van der Waals surface area contributed by atoms with Crippen LogP contribution in [0, 0.1) is 0 Å². The van der Waals surface area contributed by atoms with Crippen molar-refractivity contribution in [1.29, 1.82) is 0 Å². The third-order valence-corrected chi connectivity index (χ3v) is 4.57. The van der Waals surface area contributed by atoms with Gasteiger partial charge in [0.1, 0.15) is 0 Å². The number of ether oxygens (including phenoxy) is 3. The van der Waals surface area contributed by atoms with Crippen molar-refractivity contribution < 1.29 is 19.0 Å². The highest BCUT2D eigenvalue weighted by molar-refractivity contribution is 6.11. The van der Waals surface area contributed by atoms with Crippen LogP contribution in [-0.2, 0) is 7.05 Å². The number of nitrogens with zero attached hydrogens (tertiary/aromatic N) is 1. The number of carbonyl (C=O) groups excluding carboxylic acids is 1. The fraction of sp³-hybridized carbons (Fsp3) is 0.190. The number of aryl methyl sites for hydroxylation is 1. The molecule has 0 saturated carbocycles. The van der Waals surface area contributed by atoms with Crippen LogP contribution in [0.4, 0.5) is 0 Å². The number of aromatic nitrogens is 1. The zero-order chi connectivity index (χ0) is 18.3. The van der Waals surface area contributed by atoms with E-state index in [9.17, 15) is 4.79 Å². The van der Waals surface area contributed by atoms with Crippen LogP contribution >= 0.6 is 0 Å². The van der Waals surface area contributed by atoms with Crippen molar-refractivity contribution in [1.82, 2.24) is 4.57 Å². The molecule has 0 spiro atoms. The first-order chi connectivity index (χ1) is 12.6. The predicted molar refractivity (Wildman–Crippen MR) is 100 cm³/mol. The summed E-state index contributed by atoms with van der Waals surface area (Å²) in [4.78, 5) is 12.9. The highest BCUT2D eigenvalue weighted by Crippen LogP contribution is 2.42. The van der Waals surface area contributed by atoms with Crippen LogP contribution in [0.2, 0.25) is 0 Å². The SMILES string of the molecule is COc1cc(C(=O)/C(C)=C/c2ccc3c(ccn3C)c2)cc2c1OCO2. The van der Waals surface area contributed by atoms with Gasteiger partial charge in [-0.3, -0.25) is 4.79 Å². The van der Waals surface area contributed by atoms with Crippen molar-refractivity contribution in [2.45, 2.75) is 6.92 Å². The number of Topliss-reactive ketones (excluding diaryl/α,β-unsaturated/α-hetero) is 1. The van der Waals surface area contributed by atoms with E-state index in [1.807, 2.05) is 32.3 Å². The summed E-state index contributed by atoms with van der Waals surface area (Å²) in [5.41, 5.74) is 3.30. The third-order valence-electron chi connectivity index (χ3n) is 4.57. The number of hydrogen-bond donors (Lipinski definition) is 0. The first-order valence-electron chi connectivity index (χ1n) is 8.32. The largest absolute Gasteiger partial charge is 0.493 e. The monoisotopic (exact) mass is 349 g/mol. The van der Waals surface area contributed by atoms with E-state index >= 15 is 0 Å². The van der Waals surface area contributed by atoms with Gasteiger partial charge in [-0.2, -0.15) is 0 Å². The van der Waals surface area contributed by atoms with E-state index in [1.165, 1.54) is 0 Å². The molecule has 26 heavy (non-hydrogen) atoms. The fourth-order valence-electron chi connectivity index (χ4n) is 3.19. The average molecular weight is 349 g/mol. The van der Waals surface area contributed by atoms with Gasteiger partial charge in [-0.15, -0.1) is 0 Å². The topological polar surface area (TPSA) is 49.7 Å². The number of benzene rings is 2. The molecule has 0 fully saturated rings. The molecule has 0 unspecified atom stereocenters. The second kappa shape index (κ2) is 6.26. The van der Waals surface area contributed by atoms with Crippen molar-refractivity contribution in [2.24, 2.45) is 7.05 Å². The number of carbonyl (C=O) groups is 1. The predicted octanol–water partition coefficient (Wildman–Crippen LogP) is 4.20. The Labute approximate surface area is 151 Å². The van der Waals surface area contributed by atoms with E-state index in [0.717, 1.165) is 16.5 Å². The molecule has 2 aromatic carbocycles. The average Bonchev–Trinajstić information content (AvgIpc) is 3.26. The van der Waals surface area contributed by atoms with Crippen molar-refractivity contribution in [3.05, 3.63) is 59.3 Å². The van der Waals surface area contributed by atoms with Crippen molar-refractivity contribution >= 4 is 22.8 Å². The van der Waals surface area contributed by atoms with Crippen molar-refractivity contribution in [2.75, 3.05) is 13.9 Å². The zero-order valence-corrected chi connectivity index (χ0v) is 14.9. The molecule has 0 N–H and O–H groups in total. The lowest BCUT2D eigenvalue weighted by molar-refractivity contribution is 0.103. The van der Waals surface area contributed by atoms with E-state index in [2.05, 4.69) is 22.8 Å². The minimum Gasteiger partial charge on any atom is -0.493 e. The standard InChI is InChI=1S/C21H19NO4/c1-13(8-14-4-5-17-15(9-14)6-7-22(17)2)20(23)16-10-18(24-3)21-19(11-16)25-12-26-21/h4-11H,12H2,1-3H3/b13-8+. The maximum atomic E-state index is 12.9. The molecule has 1 aliphatic rings. The summed E-state index contributed by atoms with van der Waals surface area (Å²) in [7, 11) is 3.56. The molecule has 3 aromatic rings. The quantitative estimate of drug-likeness (QED) is 0.523. The van der Waals surface area contributed by atoms with E-state index < -0.39 is 0 Å². The summed E-state index contributed by atoms with van der Waals surface area (Å²) in [5, 5.41) is 1.14. The summed E-state index contributed by atoms with van der Waals surface area (Å²) in [6.45, 7) is 1.95. The van der Waals surface area contributed by atoms with Gasteiger partial charge in [-0.05, 0) is 54.5 Å². The molecule has 0 bridgehead atoms. The van der Waals surface area contributed by atoms with Gasteiger partial charge in [-0.25, -0.2) is 0 Å². The van der Waals surface area contributed by atoms with Gasteiger partial charge in [0, 0.05) is 29.7 Å². The third kappa shape index (κ3) is 2.71. The summed E-state index contributed by atoms with van der Waals surface area (Å²) < 4.78 is 18.2. The van der Waals surface area contributed by atoms with Crippen LogP contribution in [0.3, 0.4) is 0 Å². The molecule has 4 rings (SSSR count). The molecular weight excluding hydrogens is 330 g/mol. The maximum Gasteiger partial charge on any atom is 0.231 e. The van der Waals surface area contributed by atoms with Gasteiger partial charge >= 0.3 is 0 Å². The Morgan fingerprint density at radius 2 is 2.04 bits per heavy atom. The van der Waals surface area contributed by atoms with E-state index in [4.69, 9.17) is 14.2 Å². The van der Waals surface area contributed by atoms with Crippen LogP contribution < -0.4 is 14.2 Å². The van der Waals surface area contributed by atoms with Gasteiger partial charge in [-0.1, -0.05) is 6.07 Å². The molecule has 0 amide bonds. The second-order valence-corrected chi connectivity index (χ2v) is 6.31. The van der Waals surface area contributed by atoms with Crippen LogP contribution in [0.1, 0.15) is 22.8 Å². The Balaban J connectivity index is 1.67. The summed E-state index contributed by atoms with van der Waals surface area (Å²) >= 11 is 0. The molecule has 1 aliphatic heterocycles. The number of fused-ring (bicyclic) bond motifs is 2. The smallest absolute Gasteiger partial charge is 0.231 e. The summed E-state index contributed by atoms with van der Waals surface area (Å²) in [6.07, 6.45) is 3.92. The second-order valence-electron chi connectivity index (χ2n) is 6.31. The van der Waals surface area contributed by atoms with Gasteiger partial charge in [0.05, 0.1) is 7.11 Å². The molecule has 0 atom stereocenters. The van der Waals surface area contributed by atoms with E-state index in [1.54, 1.807) is 19.2 Å². The molecule has 0 aliphatic carbocycles. The normalized spacial score (nSPS) is 13.3.